The van der Waals surface area contributed by atoms with Crippen LogP contribution in [0.5, 0.6) is 0 Å². The van der Waals surface area contributed by atoms with Crippen molar-refractivity contribution < 1.29 is 19.1 Å². The van der Waals surface area contributed by atoms with Gasteiger partial charge in [-0.2, -0.15) is 0 Å². The summed E-state index contributed by atoms with van der Waals surface area (Å²) in [7, 11) is 0. The van der Waals surface area contributed by atoms with Crippen molar-refractivity contribution in [2.75, 3.05) is 13.2 Å². The maximum atomic E-state index is 11.3. The minimum absolute atomic E-state index is 0.170. The third-order valence-corrected chi connectivity index (χ3v) is 1.54. The van der Waals surface area contributed by atoms with Crippen molar-refractivity contribution >= 4 is 29.3 Å². The lowest BCUT2D eigenvalue weighted by Gasteiger charge is -2.08. The molecule has 0 N–H and O–H groups in total. The van der Waals surface area contributed by atoms with E-state index >= 15 is 0 Å². The van der Waals surface area contributed by atoms with Crippen molar-refractivity contribution in [3.05, 3.63) is 0 Å². The van der Waals surface area contributed by atoms with Crippen molar-refractivity contribution in [2.45, 2.75) is 26.3 Å². The summed E-state index contributed by atoms with van der Waals surface area (Å²) in [5.41, 5.74) is 0. The summed E-state index contributed by atoms with van der Waals surface area (Å²) in [4.78, 5) is 25.9. The van der Waals surface area contributed by atoms with Crippen LogP contribution in [0, 0.1) is 0 Å². The van der Waals surface area contributed by atoms with Crippen LogP contribution in [0.3, 0.4) is 0 Å². The highest BCUT2D eigenvalue weighted by molar-refractivity contribution is 7.78. The van der Waals surface area contributed by atoms with Crippen molar-refractivity contribution in [3.63, 3.8) is 0 Å². The molecule has 84 valence electrons. The maximum absolute atomic E-state index is 11.3. The lowest BCUT2D eigenvalue weighted by Crippen LogP contribution is -2.25. The van der Waals surface area contributed by atoms with Crippen LogP contribution < -0.4 is 0 Å². The number of isothiocyanates is 1. The SMILES string of the molecule is CCOC(=O)CC(N=C=S)C(=O)OCC. The Bertz CT molecular complexity index is 273. The molecule has 0 aliphatic carbocycles. The van der Waals surface area contributed by atoms with Crippen LogP contribution in [-0.4, -0.2) is 36.4 Å². The van der Waals surface area contributed by atoms with Crippen LogP contribution in [-0.2, 0) is 19.1 Å². The van der Waals surface area contributed by atoms with E-state index in [0.717, 1.165) is 0 Å². The summed E-state index contributed by atoms with van der Waals surface area (Å²) in [5, 5.41) is 2.05. The van der Waals surface area contributed by atoms with Crippen molar-refractivity contribution in [2.24, 2.45) is 4.99 Å². The molecule has 1 atom stereocenters. The second-order valence-corrected chi connectivity index (χ2v) is 2.68. The number of esters is 2. The highest BCUT2D eigenvalue weighted by atomic mass is 32.1. The fraction of sp³-hybridized carbons (Fsp3) is 0.667. The van der Waals surface area contributed by atoms with Gasteiger partial charge in [-0.25, -0.2) is 9.79 Å². The summed E-state index contributed by atoms with van der Waals surface area (Å²) in [6.07, 6.45) is -0.170. The molecule has 0 radical (unpaired) electrons. The van der Waals surface area contributed by atoms with Crippen molar-refractivity contribution in [3.8, 4) is 0 Å². The molecule has 0 saturated carbocycles. The second kappa shape index (κ2) is 8.08. The van der Waals surface area contributed by atoms with Gasteiger partial charge in [-0.15, -0.1) is 0 Å². The largest absolute Gasteiger partial charge is 0.466 e. The Labute approximate surface area is 93.5 Å². The zero-order valence-electron chi connectivity index (χ0n) is 8.69. The monoisotopic (exact) mass is 231 g/mol. The summed E-state index contributed by atoms with van der Waals surface area (Å²) >= 11 is 4.37. The Morgan fingerprint density at radius 2 is 1.93 bits per heavy atom. The van der Waals surface area contributed by atoms with Gasteiger partial charge in [0.05, 0.1) is 24.8 Å². The molecule has 1 unspecified atom stereocenters. The number of hydrogen-bond acceptors (Lipinski definition) is 6. The molecular formula is C9H13NO4S. The molecule has 0 aliphatic heterocycles. The van der Waals surface area contributed by atoms with Crippen molar-refractivity contribution in [1.29, 1.82) is 0 Å². The Kier molecular flexibility index (Phi) is 7.40. The standard InChI is InChI=1S/C9H13NO4S/c1-3-13-8(11)5-7(10-6-15)9(12)14-4-2/h7H,3-5H2,1-2H3. The molecular weight excluding hydrogens is 218 g/mol. The summed E-state index contributed by atoms with van der Waals surface area (Å²) in [5.74, 6) is -1.10. The molecule has 0 aromatic heterocycles. The van der Waals surface area contributed by atoms with Crippen molar-refractivity contribution in [1.82, 2.24) is 0 Å². The number of carbonyl (C=O) groups is 2. The molecule has 0 heterocycles. The van der Waals surface area contributed by atoms with E-state index in [1.807, 2.05) is 0 Å². The van der Waals surface area contributed by atoms with E-state index in [4.69, 9.17) is 4.74 Å². The molecule has 0 spiro atoms. The smallest absolute Gasteiger partial charge is 0.332 e. The van der Waals surface area contributed by atoms with Crippen LogP contribution >= 0.6 is 12.2 Å². The Hall–Kier alpha value is -1.26. The molecule has 0 fully saturated rings. The van der Waals surface area contributed by atoms with Crippen LogP contribution in [0.2, 0.25) is 0 Å². The average Bonchev–Trinajstić information content (AvgIpc) is 2.18. The third-order valence-electron chi connectivity index (χ3n) is 1.43. The summed E-state index contributed by atoms with van der Waals surface area (Å²) in [6.45, 7) is 3.83. The molecule has 15 heavy (non-hydrogen) atoms. The molecule has 0 rings (SSSR count). The fourth-order valence-corrected chi connectivity index (χ4v) is 0.989. The summed E-state index contributed by atoms with van der Waals surface area (Å²) < 4.78 is 9.39. The zero-order valence-corrected chi connectivity index (χ0v) is 9.50. The van der Waals surface area contributed by atoms with Crippen LogP contribution in [0.15, 0.2) is 4.99 Å². The van der Waals surface area contributed by atoms with Gasteiger partial charge in [0, 0.05) is 0 Å². The van der Waals surface area contributed by atoms with Gasteiger partial charge < -0.3 is 9.47 Å². The van der Waals surface area contributed by atoms with E-state index < -0.39 is 18.0 Å². The van der Waals surface area contributed by atoms with E-state index in [9.17, 15) is 9.59 Å². The average molecular weight is 231 g/mol. The quantitative estimate of drug-likeness (QED) is 0.387. The number of thiocarbonyl (C=S) groups is 1. The van der Waals surface area contributed by atoms with Crippen LogP contribution in [0.25, 0.3) is 0 Å². The van der Waals surface area contributed by atoms with Gasteiger partial charge in [0.25, 0.3) is 0 Å². The van der Waals surface area contributed by atoms with Crippen LogP contribution in [0.1, 0.15) is 20.3 Å². The first-order chi connectivity index (χ1) is 7.15. The maximum Gasteiger partial charge on any atom is 0.332 e. The van der Waals surface area contributed by atoms with E-state index in [-0.39, 0.29) is 19.6 Å². The zero-order chi connectivity index (χ0) is 11.7. The number of carbonyl (C=O) groups excluding carboxylic acids is 2. The van der Waals surface area contributed by atoms with Gasteiger partial charge in [-0.05, 0) is 26.1 Å². The predicted molar refractivity (Wildman–Crippen MR) is 56.7 cm³/mol. The lowest BCUT2D eigenvalue weighted by molar-refractivity contribution is -0.151. The van der Waals surface area contributed by atoms with Gasteiger partial charge in [0.2, 0.25) is 0 Å². The van der Waals surface area contributed by atoms with E-state index in [1.54, 1.807) is 13.8 Å². The predicted octanol–water partition coefficient (Wildman–Crippen LogP) is 0.974. The molecule has 0 aromatic carbocycles. The minimum Gasteiger partial charge on any atom is -0.466 e. The molecule has 0 aliphatic rings. The number of aliphatic imine (C=N–C) groups is 1. The van der Waals surface area contributed by atoms with Gasteiger partial charge >= 0.3 is 11.9 Å². The first kappa shape index (κ1) is 13.7. The number of rotatable bonds is 6. The molecule has 0 bridgehead atoms. The van der Waals surface area contributed by atoms with Gasteiger partial charge in [0.1, 0.15) is 0 Å². The Morgan fingerprint density at radius 3 is 2.40 bits per heavy atom. The minimum atomic E-state index is -0.943. The third kappa shape index (κ3) is 5.93. The van der Waals surface area contributed by atoms with Gasteiger partial charge in [-0.1, -0.05) is 0 Å². The van der Waals surface area contributed by atoms with E-state index in [2.05, 4.69) is 27.1 Å². The number of ether oxygens (including phenoxy) is 2. The number of hydrogen-bond donors (Lipinski definition) is 0. The number of nitrogens with zero attached hydrogens (tertiary/aromatic N) is 1. The Morgan fingerprint density at radius 1 is 1.33 bits per heavy atom. The molecule has 0 amide bonds. The second-order valence-electron chi connectivity index (χ2n) is 2.50. The van der Waals surface area contributed by atoms with Gasteiger partial charge in [-0.3, -0.25) is 4.79 Å². The molecule has 0 saturated heterocycles. The van der Waals surface area contributed by atoms with Gasteiger partial charge in [0.15, 0.2) is 6.04 Å². The topological polar surface area (TPSA) is 65.0 Å². The van der Waals surface area contributed by atoms with E-state index in [0.29, 0.717) is 0 Å². The fourth-order valence-electron chi connectivity index (χ4n) is 0.862. The first-order valence-electron chi connectivity index (χ1n) is 4.54. The highest BCUT2D eigenvalue weighted by Gasteiger charge is 2.22. The molecule has 5 nitrogen and oxygen atoms in total. The molecule has 0 aromatic rings. The first-order valence-corrected chi connectivity index (χ1v) is 4.95. The lowest BCUT2D eigenvalue weighted by atomic mass is 10.2. The highest BCUT2D eigenvalue weighted by Crippen LogP contribution is 2.02. The molecule has 6 heteroatoms. The van der Waals surface area contributed by atoms with Crippen LogP contribution in [0.4, 0.5) is 0 Å². The Balaban J connectivity index is 4.33. The van der Waals surface area contributed by atoms with E-state index in [1.165, 1.54) is 0 Å². The normalized spacial score (nSPS) is 11.1. The summed E-state index contributed by atoms with van der Waals surface area (Å²) in [6, 6.07) is -0.943.